The normalized spacial score (nSPS) is 11.2. The Balaban J connectivity index is 1.91. The van der Waals surface area contributed by atoms with Gasteiger partial charge in [-0.2, -0.15) is 5.10 Å². The highest BCUT2D eigenvalue weighted by Crippen LogP contribution is 2.25. The molecule has 1 heterocycles. The molecule has 0 saturated carbocycles. The summed E-state index contributed by atoms with van der Waals surface area (Å²) in [5, 5.41) is 4.04. The maximum Gasteiger partial charge on any atom is 0.277 e. The number of carbonyl (C=O) groups is 1. The van der Waals surface area contributed by atoms with Crippen LogP contribution in [0.5, 0.6) is 11.5 Å². The average Bonchev–Trinajstić information content (AvgIpc) is 2.87. The number of hydrogen-bond acceptors (Lipinski definition) is 4. The van der Waals surface area contributed by atoms with Gasteiger partial charge in [0.15, 0.2) is 18.1 Å². The summed E-state index contributed by atoms with van der Waals surface area (Å²) in [6, 6.07) is 9.25. The molecule has 0 unspecified atom stereocenters. The topological polar surface area (TPSA) is 64.8 Å². The van der Waals surface area contributed by atoms with E-state index in [1.165, 1.54) is 5.69 Å². The SMILES string of the molecule is COc1ccccc1OCC(=O)N/N=C\c1cc(C)n(CC(C)C)c1C. The van der Waals surface area contributed by atoms with Gasteiger partial charge in [0.05, 0.1) is 13.3 Å². The number of carbonyl (C=O) groups excluding carboxylic acids is 1. The van der Waals surface area contributed by atoms with Crippen molar-refractivity contribution < 1.29 is 14.3 Å². The predicted molar refractivity (Wildman–Crippen MR) is 103 cm³/mol. The second kappa shape index (κ2) is 9.08. The van der Waals surface area contributed by atoms with Crippen LogP contribution in [0.25, 0.3) is 0 Å². The first-order valence-electron chi connectivity index (χ1n) is 8.66. The van der Waals surface area contributed by atoms with Crippen molar-refractivity contribution in [2.45, 2.75) is 34.2 Å². The highest BCUT2D eigenvalue weighted by Gasteiger charge is 2.09. The Labute approximate surface area is 154 Å². The number of nitrogens with zero attached hydrogens (tertiary/aromatic N) is 2. The number of para-hydroxylation sites is 2. The molecule has 1 aromatic heterocycles. The van der Waals surface area contributed by atoms with E-state index in [-0.39, 0.29) is 12.5 Å². The van der Waals surface area contributed by atoms with E-state index in [2.05, 4.69) is 48.9 Å². The third-order valence-corrected chi connectivity index (χ3v) is 3.98. The van der Waals surface area contributed by atoms with Crippen molar-refractivity contribution in [2.24, 2.45) is 11.0 Å². The first kappa shape index (κ1) is 19.6. The molecule has 0 aliphatic carbocycles. The van der Waals surface area contributed by atoms with Crippen LogP contribution >= 0.6 is 0 Å². The number of hydrogen-bond donors (Lipinski definition) is 1. The van der Waals surface area contributed by atoms with Crippen LogP contribution in [-0.2, 0) is 11.3 Å². The van der Waals surface area contributed by atoms with Crippen molar-refractivity contribution >= 4 is 12.1 Å². The molecule has 140 valence electrons. The van der Waals surface area contributed by atoms with Crippen LogP contribution in [0.15, 0.2) is 35.4 Å². The van der Waals surface area contributed by atoms with Gasteiger partial charge in [-0.25, -0.2) is 5.43 Å². The lowest BCUT2D eigenvalue weighted by Gasteiger charge is -2.11. The third kappa shape index (κ3) is 5.12. The Morgan fingerprint density at radius 2 is 1.96 bits per heavy atom. The number of methoxy groups -OCH3 is 1. The highest BCUT2D eigenvalue weighted by molar-refractivity contribution is 5.84. The Morgan fingerprint density at radius 1 is 1.27 bits per heavy atom. The van der Waals surface area contributed by atoms with Gasteiger partial charge in [0.1, 0.15) is 0 Å². The summed E-state index contributed by atoms with van der Waals surface area (Å²) in [6.07, 6.45) is 1.67. The molecule has 0 bridgehead atoms. The largest absolute Gasteiger partial charge is 0.493 e. The van der Waals surface area contributed by atoms with Crippen molar-refractivity contribution in [1.29, 1.82) is 0 Å². The van der Waals surface area contributed by atoms with Crippen molar-refractivity contribution in [3.05, 3.63) is 47.3 Å². The number of rotatable bonds is 8. The van der Waals surface area contributed by atoms with E-state index < -0.39 is 0 Å². The number of amides is 1. The van der Waals surface area contributed by atoms with Gasteiger partial charge in [0.25, 0.3) is 5.91 Å². The van der Waals surface area contributed by atoms with Crippen LogP contribution in [0.4, 0.5) is 0 Å². The van der Waals surface area contributed by atoms with Gasteiger partial charge in [-0.15, -0.1) is 0 Å². The average molecular weight is 357 g/mol. The Bertz CT molecular complexity index is 779. The van der Waals surface area contributed by atoms with Gasteiger partial charge in [0, 0.05) is 23.5 Å². The van der Waals surface area contributed by atoms with Crippen molar-refractivity contribution in [3.63, 3.8) is 0 Å². The van der Waals surface area contributed by atoms with Crippen LogP contribution in [0, 0.1) is 19.8 Å². The Morgan fingerprint density at radius 3 is 2.62 bits per heavy atom. The predicted octanol–water partition coefficient (Wildman–Crippen LogP) is 3.30. The molecule has 1 amide bonds. The van der Waals surface area contributed by atoms with Crippen LogP contribution in [0.1, 0.15) is 30.8 Å². The fourth-order valence-corrected chi connectivity index (χ4v) is 2.69. The van der Waals surface area contributed by atoms with Crippen LogP contribution < -0.4 is 14.9 Å². The molecular formula is C20H27N3O3. The molecule has 2 rings (SSSR count). The molecule has 0 aliphatic rings. The fraction of sp³-hybridized carbons (Fsp3) is 0.400. The van der Waals surface area contributed by atoms with Gasteiger partial charge in [-0.3, -0.25) is 4.79 Å². The van der Waals surface area contributed by atoms with Crippen LogP contribution in [0.3, 0.4) is 0 Å². The van der Waals surface area contributed by atoms with Crippen molar-refractivity contribution in [1.82, 2.24) is 9.99 Å². The molecule has 26 heavy (non-hydrogen) atoms. The van der Waals surface area contributed by atoms with Crippen LogP contribution in [-0.4, -0.2) is 30.4 Å². The number of nitrogens with one attached hydrogen (secondary N) is 1. The van der Waals surface area contributed by atoms with Gasteiger partial charge in [0.2, 0.25) is 0 Å². The quantitative estimate of drug-likeness (QED) is 0.582. The third-order valence-electron chi connectivity index (χ3n) is 3.98. The second-order valence-corrected chi connectivity index (χ2v) is 6.56. The Kier molecular flexibility index (Phi) is 6.83. The monoisotopic (exact) mass is 357 g/mol. The molecule has 1 N–H and O–H groups in total. The molecule has 6 heteroatoms. The van der Waals surface area contributed by atoms with E-state index in [9.17, 15) is 4.79 Å². The number of benzene rings is 1. The summed E-state index contributed by atoms with van der Waals surface area (Å²) >= 11 is 0. The molecule has 0 aliphatic heterocycles. The number of hydrazone groups is 1. The maximum absolute atomic E-state index is 11.9. The van der Waals surface area contributed by atoms with E-state index in [1.807, 2.05) is 12.1 Å². The maximum atomic E-state index is 11.9. The number of aromatic nitrogens is 1. The van der Waals surface area contributed by atoms with Crippen molar-refractivity contribution in [2.75, 3.05) is 13.7 Å². The molecule has 0 atom stereocenters. The molecule has 1 aromatic carbocycles. The molecule has 6 nitrogen and oxygen atoms in total. The molecule has 0 spiro atoms. The minimum absolute atomic E-state index is 0.135. The lowest BCUT2D eigenvalue weighted by atomic mass is 10.2. The van der Waals surface area contributed by atoms with E-state index >= 15 is 0 Å². The zero-order valence-electron chi connectivity index (χ0n) is 16.1. The summed E-state index contributed by atoms with van der Waals surface area (Å²) in [7, 11) is 1.56. The first-order valence-corrected chi connectivity index (χ1v) is 8.66. The smallest absolute Gasteiger partial charge is 0.277 e. The fourth-order valence-electron chi connectivity index (χ4n) is 2.69. The van der Waals surface area contributed by atoms with E-state index in [4.69, 9.17) is 9.47 Å². The minimum atomic E-state index is -0.330. The van der Waals surface area contributed by atoms with Crippen LogP contribution in [0.2, 0.25) is 0 Å². The number of aryl methyl sites for hydroxylation is 1. The molecule has 0 saturated heterocycles. The molecular weight excluding hydrogens is 330 g/mol. The minimum Gasteiger partial charge on any atom is -0.493 e. The summed E-state index contributed by atoms with van der Waals surface area (Å²) in [6.45, 7) is 9.34. The van der Waals surface area contributed by atoms with Gasteiger partial charge >= 0.3 is 0 Å². The summed E-state index contributed by atoms with van der Waals surface area (Å²) in [5.74, 6) is 1.34. The summed E-state index contributed by atoms with van der Waals surface area (Å²) < 4.78 is 12.9. The molecule has 0 radical (unpaired) electrons. The summed E-state index contributed by atoms with van der Waals surface area (Å²) in [4.78, 5) is 11.9. The Hall–Kier alpha value is -2.76. The molecule has 0 fully saturated rings. The zero-order valence-corrected chi connectivity index (χ0v) is 16.1. The lowest BCUT2D eigenvalue weighted by Crippen LogP contribution is -2.24. The summed E-state index contributed by atoms with van der Waals surface area (Å²) in [5.41, 5.74) is 5.81. The van der Waals surface area contributed by atoms with E-state index in [0.29, 0.717) is 17.4 Å². The highest BCUT2D eigenvalue weighted by atomic mass is 16.5. The van der Waals surface area contributed by atoms with Gasteiger partial charge in [-0.05, 0) is 38.0 Å². The lowest BCUT2D eigenvalue weighted by molar-refractivity contribution is -0.123. The van der Waals surface area contributed by atoms with E-state index in [1.54, 1.807) is 25.5 Å². The first-order chi connectivity index (χ1) is 12.4. The van der Waals surface area contributed by atoms with Gasteiger partial charge in [-0.1, -0.05) is 26.0 Å². The standard InChI is InChI=1S/C20H27N3O3/c1-14(2)12-23-15(3)10-17(16(23)4)11-21-22-20(24)13-26-19-9-7-6-8-18(19)25-5/h6-11,14H,12-13H2,1-5H3,(H,22,24)/b21-11-. The number of ether oxygens (including phenoxy) is 2. The zero-order chi connectivity index (χ0) is 19.1. The van der Waals surface area contributed by atoms with E-state index in [0.717, 1.165) is 17.8 Å². The van der Waals surface area contributed by atoms with Crippen molar-refractivity contribution in [3.8, 4) is 11.5 Å². The molecule has 2 aromatic rings. The second-order valence-electron chi connectivity index (χ2n) is 6.56. The van der Waals surface area contributed by atoms with Gasteiger partial charge < -0.3 is 14.0 Å².